The summed E-state index contributed by atoms with van der Waals surface area (Å²) in [4.78, 5) is 23.4. The van der Waals surface area contributed by atoms with Crippen LogP contribution in [0.15, 0.2) is 29.1 Å². The average Bonchev–Trinajstić information content (AvgIpc) is 2.67. The van der Waals surface area contributed by atoms with Gasteiger partial charge in [-0.25, -0.2) is 9.48 Å². The quantitative estimate of drug-likeness (QED) is 0.932. The van der Waals surface area contributed by atoms with Gasteiger partial charge in [0.05, 0.1) is 0 Å². The number of anilines is 1. The molecule has 0 saturated carbocycles. The first-order chi connectivity index (χ1) is 10.2. The van der Waals surface area contributed by atoms with Gasteiger partial charge in [0.25, 0.3) is 0 Å². The molecule has 2 rings (SSSR count). The lowest BCUT2D eigenvalue weighted by Gasteiger charge is -2.05. The standard InChI is InChI=1S/C12H10ClF3N4O2/c1-19-10(12(14,15)16)18-20(11(19)22)6-9(21)17-8-4-2-3-7(13)5-8/h2-5H,6H2,1H3,(H,17,21). The Balaban J connectivity index is 2.17. The highest BCUT2D eigenvalue weighted by Crippen LogP contribution is 2.26. The highest BCUT2D eigenvalue weighted by Gasteiger charge is 2.38. The maximum atomic E-state index is 12.6. The van der Waals surface area contributed by atoms with Gasteiger partial charge in [0.2, 0.25) is 11.7 Å². The topological polar surface area (TPSA) is 68.9 Å². The number of amides is 1. The molecule has 1 N–H and O–H groups in total. The summed E-state index contributed by atoms with van der Waals surface area (Å²) in [6.45, 7) is -0.644. The minimum Gasteiger partial charge on any atom is -0.324 e. The Hall–Kier alpha value is -2.29. The summed E-state index contributed by atoms with van der Waals surface area (Å²) in [6, 6.07) is 6.19. The van der Waals surface area contributed by atoms with E-state index in [1.54, 1.807) is 18.2 Å². The molecular formula is C12H10ClF3N4O2. The number of hydrogen-bond donors (Lipinski definition) is 1. The second kappa shape index (κ2) is 5.84. The Morgan fingerprint density at radius 1 is 1.41 bits per heavy atom. The molecule has 0 unspecified atom stereocenters. The Morgan fingerprint density at radius 3 is 2.64 bits per heavy atom. The molecule has 1 amide bonds. The van der Waals surface area contributed by atoms with E-state index in [-0.39, 0.29) is 0 Å². The fraction of sp³-hybridized carbons (Fsp3) is 0.250. The van der Waals surface area contributed by atoms with Gasteiger partial charge >= 0.3 is 11.9 Å². The number of carbonyl (C=O) groups is 1. The number of rotatable bonds is 3. The molecule has 0 radical (unpaired) electrons. The van der Waals surface area contributed by atoms with Crippen LogP contribution in [0, 0.1) is 0 Å². The molecule has 10 heteroatoms. The molecule has 1 heterocycles. The zero-order chi connectivity index (χ0) is 16.5. The van der Waals surface area contributed by atoms with Gasteiger partial charge in [-0.1, -0.05) is 17.7 Å². The average molecular weight is 335 g/mol. The van der Waals surface area contributed by atoms with Gasteiger partial charge < -0.3 is 5.32 Å². The molecule has 1 aromatic heterocycles. The Labute approximate surface area is 127 Å². The van der Waals surface area contributed by atoms with E-state index in [0.29, 0.717) is 20.0 Å². The third-order valence-electron chi connectivity index (χ3n) is 2.70. The Kier molecular flexibility index (Phi) is 4.27. The van der Waals surface area contributed by atoms with Crippen molar-refractivity contribution in [1.29, 1.82) is 0 Å². The molecule has 0 saturated heterocycles. The van der Waals surface area contributed by atoms with E-state index >= 15 is 0 Å². The van der Waals surface area contributed by atoms with Crippen LogP contribution in [-0.2, 0) is 24.6 Å². The van der Waals surface area contributed by atoms with Crippen molar-refractivity contribution >= 4 is 23.2 Å². The van der Waals surface area contributed by atoms with Gasteiger partial charge in [-0.05, 0) is 18.2 Å². The van der Waals surface area contributed by atoms with Crippen LogP contribution >= 0.6 is 11.6 Å². The van der Waals surface area contributed by atoms with Crippen molar-refractivity contribution in [3.8, 4) is 0 Å². The molecule has 0 aliphatic heterocycles. The predicted octanol–water partition coefficient (Wildman–Crippen LogP) is 1.89. The first-order valence-corrected chi connectivity index (χ1v) is 6.32. The first-order valence-electron chi connectivity index (χ1n) is 5.95. The number of nitrogens with zero attached hydrogens (tertiary/aromatic N) is 3. The van der Waals surface area contributed by atoms with Crippen molar-refractivity contribution < 1.29 is 18.0 Å². The van der Waals surface area contributed by atoms with E-state index in [0.717, 1.165) is 7.05 Å². The van der Waals surface area contributed by atoms with E-state index in [2.05, 4.69) is 10.4 Å². The Bertz CT molecular complexity index is 766. The van der Waals surface area contributed by atoms with Crippen molar-refractivity contribution in [2.24, 2.45) is 7.05 Å². The van der Waals surface area contributed by atoms with E-state index in [1.165, 1.54) is 6.07 Å². The van der Waals surface area contributed by atoms with E-state index in [9.17, 15) is 22.8 Å². The minimum absolute atomic E-state index is 0.340. The third kappa shape index (κ3) is 3.48. The molecule has 0 atom stereocenters. The summed E-state index contributed by atoms with van der Waals surface area (Å²) < 4.78 is 38.6. The van der Waals surface area contributed by atoms with Gasteiger partial charge in [0, 0.05) is 17.8 Å². The number of nitrogens with one attached hydrogen (secondary N) is 1. The molecule has 0 aliphatic carbocycles. The lowest BCUT2D eigenvalue weighted by molar-refractivity contribution is -0.147. The summed E-state index contributed by atoms with van der Waals surface area (Å²) in [5, 5.41) is 5.93. The van der Waals surface area contributed by atoms with Crippen LogP contribution in [0.5, 0.6) is 0 Å². The van der Waals surface area contributed by atoms with Gasteiger partial charge in [-0.15, -0.1) is 5.10 Å². The molecular weight excluding hydrogens is 325 g/mol. The second-order valence-corrected chi connectivity index (χ2v) is 4.82. The zero-order valence-electron chi connectivity index (χ0n) is 11.2. The summed E-state index contributed by atoms with van der Waals surface area (Å²) >= 11 is 5.74. The van der Waals surface area contributed by atoms with Gasteiger partial charge in [-0.2, -0.15) is 13.2 Å². The number of halogens is 4. The Morgan fingerprint density at radius 2 is 2.09 bits per heavy atom. The van der Waals surface area contributed by atoms with Gasteiger partial charge in [0.1, 0.15) is 6.54 Å². The van der Waals surface area contributed by atoms with Crippen LogP contribution in [0.3, 0.4) is 0 Å². The lowest BCUT2D eigenvalue weighted by Crippen LogP contribution is -2.29. The molecule has 0 bridgehead atoms. The van der Waals surface area contributed by atoms with Crippen LogP contribution in [0.25, 0.3) is 0 Å². The molecule has 0 fully saturated rings. The van der Waals surface area contributed by atoms with E-state index in [1.807, 2.05) is 0 Å². The molecule has 2 aromatic rings. The number of carbonyl (C=O) groups excluding carboxylic acids is 1. The maximum Gasteiger partial charge on any atom is 0.451 e. The van der Waals surface area contributed by atoms with Crippen molar-refractivity contribution in [3.63, 3.8) is 0 Å². The largest absolute Gasteiger partial charge is 0.451 e. The minimum atomic E-state index is -4.78. The fourth-order valence-corrected chi connectivity index (χ4v) is 1.93. The normalized spacial score (nSPS) is 11.5. The molecule has 0 spiro atoms. The third-order valence-corrected chi connectivity index (χ3v) is 2.93. The molecule has 118 valence electrons. The van der Waals surface area contributed by atoms with Gasteiger partial charge in [-0.3, -0.25) is 9.36 Å². The summed E-state index contributed by atoms with van der Waals surface area (Å²) in [5.74, 6) is -2.07. The lowest BCUT2D eigenvalue weighted by atomic mass is 10.3. The highest BCUT2D eigenvalue weighted by molar-refractivity contribution is 6.30. The van der Waals surface area contributed by atoms with Gasteiger partial charge in [0.15, 0.2) is 0 Å². The summed E-state index contributed by atoms with van der Waals surface area (Å²) in [6.07, 6.45) is -4.78. The van der Waals surface area contributed by atoms with Crippen molar-refractivity contribution in [1.82, 2.24) is 14.3 Å². The number of benzene rings is 1. The number of alkyl halides is 3. The fourth-order valence-electron chi connectivity index (χ4n) is 1.74. The van der Waals surface area contributed by atoms with Crippen molar-refractivity contribution in [2.75, 3.05) is 5.32 Å². The second-order valence-electron chi connectivity index (χ2n) is 4.38. The molecule has 1 aromatic carbocycles. The van der Waals surface area contributed by atoms with Crippen LogP contribution in [-0.4, -0.2) is 20.3 Å². The summed E-state index contributed by atoms with van der Waals surface area (Å²) in [5.41, 5.74) is -0.675. The zero-order valence-corrected chi connectivity index (χ0v) is 11.9. The first kappa shape index (κ1) is 16.1. The maximum absolute atomic E-state index is 12.6. The number of aromatic nitrogens is 3. The number of hydrogen-bond acceptors (Lipinski definition) is 3. The predicted molar refractivity (Wildman–Crippen MR) is 72.6 cm³/mol. The smallest absolute Gasteiger partial charge is 0.324 e. The van der Waals surface area contributed by atoms with Crippen LogP contribution in [0.1, 0.15) is 5.82 Å². The van der Waals surface area contributed by atoms with Crippen molar-refractivity contribution in [3.05, 3.63) is 45.6 Å². The summed E-state index contributed by atoms with van der Waals surface area (Å²) in [7, 11) is 0.934. The highest BCUT2D eigenvalue weighted by atomic mass is 35.5. The van der Waals surface area contributed by atoms with Crippen molar-refractivity contribution in [2.45, 2.75) is 12.7 Å². The monoisotopic (exact) mass is 334 g/mol. The molecule has 0 aliphatic rings. The molecule has 6 nitrogen and oxygen atoms in total. The SMILES string of the molecule is Cn1c(C(F)(F)F)nn(CC(=O)Nc2cccc(Cl)c2)c1=O. The van der Waals surface area contributed by atoms with E-state index in [4.69, 9.17) is 11.6 Å². The van der Waals surface area contributed by atoms with E-state index < -0.39 is 30.1 Å². The van der Waals surface area contributed by atoms with Crippen LogP contribution < -0.4 is 11.0 Å². The van der Waals surface area contributed by atoms with Crippen LogP contribution in [0.4, 0.5) is 18.9 Å². The molecule has 22 heavy (non-hydrogen) atoms. The van der Waals surface area contributed by atoms with Crippen LogP contribution in [0.2, 0.25) is 5.02 Å².